The highest BCUT2D eigenvalue weighted by molar-refractivity contribution is 6.57. The number of nitrogens with zero attached hydrogens (tertiary/aromatic N) is 1. The maximum Gasteiger partial charge on any atom is 0.341 e. The topological polar surface area (TPSA) is 93.1 Å². The molecule has 176 valence electrons. The first-order valence-electron chi connectivity index (χ1n) is 10.1. The molecule has 0 saturated carbocycles. The van der Waals surface area contributed by atoms with Crippen LogP contribution in [0.2, 0.25) is 0 Å². The fourth-order valence-electron chi connectivity index (χ4n) is 3.70. The molecule has 1 aromatic carbocycles. The molecule has 1 aliphatic heterocycles. The van der Waals surface area contributed by atoms with E-state index in [1.807, 2.05) is 0 Å². The summed E-state index contributed by atoms with van der Waals surface area (Å²) in [6.45, 7) is 5.37. The summed E-state index contributed by atoms with van der Waals surface area (Å²) in [4.78, 5) is 37.4. The molecule has 0 atom stereocenters. The molecule has 1 N–H and O–H groups in total. The van der Waals surface area contributed by atoms with Crippen molar-refractivity contribution in [3.8, 4) is 5.75 Å². The monoisotopic (exact) mass is 489 g/mol. The van der Waals surface area contributed by atoms with Crippen LogP contribution >= 0.6 is 23.2 Å². The number of aliphatic carboxylic acids is 1. The maximum absolute atomic E-state index is 14.3. The Morgan fingerprint density at radius 2 is 2.00 bits per heavy atom. The summed E-state index contributed by atoms with van der Waals surface area (Å²) in [5, 5.41) is 8.91. The van der Waals surface area contributed by atoms with Crippen molar-refractivity contribution in [2.45, 2.75) is 57.6 Å². The van der Waals surface area contributed by atoms with Gasteiger partial charge in [0.1, 0.15) is 12.4 Å². The first kappa shape index (κ1) is 25.9. The van der Waals surface area contributed by atoms with E-state index in [1.54, 1.807) is 26.8 Å². The molecule has 0 aromatic heterocycles. The van der Waals surface area contributed by atoms with E-state index in [4.69, 9.17) is 37.8 Å². The zero-order valence-electron chi connectivity index (χ0n) is 18.4. The molecule has 0 unspecified atom stereocenters. The van der Waals surface area contributed by atoms with Crippen LogP contribution < -0.4 is 9.64 Å². The van der Waals surface area contributed by atoms with Crippen LogP contribution in [0.3, 0.4) is 0 Å². The molecular weight excluding hydrogens is 464 g/mol. The normalized spacial score (nSPS) is 13.6. The van der Waals surface area contributed by atoms with Gasteiger partial charge in [-0.15, -0.1) is 0 Å². The van der Waals surface area contributed by atoms with Gasteiger partial charge in [-0.25, -0.2) is 4.79 Å². The Labute approximate surface area is 196 Å². The number of fused-ring (bicyclic) bond motifs is 1. The van der Waals surface area contributed by atoms with E-state index in [9.17, 15) is 18.8 Å². The van der Waals surface area contributed by atoms with Crippen molar-refractivity contribution in [3.05, 3.63) is 33.9 Å². The summed E-state index contributed by atoms with van der Waals surface area (Å²) in [6.07, 6.45) is 2.71. The van der Waals surface area contributed by atoms with Crippen LogP contribution in [0, 0.1) is 6.92 Å². The molecule has 0 aliphatic carbocycles. The largest absolute Gasteiger partial charge is 0.496 e. The number of rotatable bonds is 10. The number of carboxylic acids is 1. The summed E-state index contributed by atoms with van der Waals surface area (Å²) in [5.41, 5.74) is 2.74. The van der Waals surface area contributed by atoms with Gasteiger partial charge in [0.25, 0.3) is 5.91 Å². The number of alkyl halides is 3. The molecule has 10 heteroatoms. The summed E-state index contributed by atoms with van der Waals surface area (Å²) in [5.74, 6) is -2.36. The Balaban J connectivity index is 2.75. The number of carbonyl (C=O) groups is 3. The fraction of sp³-hybridized carbons (Fsp3) is 0.500. The molecule has 1 aromatic rings. The van der Waals surface area contributed by atoms with E-state index in [-0.39, 0.29) is 37.2 Å². The van der Waals surface area contributed by atoms with Gasteiger partial charge in [-0.3, -0.25) is 9.59 Å². The predicted molar refractivity (Wildman–Crippen MR) is 119 cm³/mol. The Morgan fingerprint density at radius 1 is 1.34 bits per heavy atom. The minimum absolute atomic E-state index is 0.00616. The molecular formula is C22H26Cl2FNO6. The van der Waals surface area contributed by atoms with Crippen molar-refractivity contribution in [1.29, 1.82) is 0 Å². The van der Waals surface area contributed by atoms with Gasteiger partial charge in [0.05, 0.1) is 18.4 Å². The van der Waals surface area contributed by atoms with Crippen LogP contribution in [0.15, 0.2) is 11.6 Å². The number of hydrogen-bond acceptors (Lipinski definition) is 5. The van der Waals surface area contributed by atoms with Gasteiger partial charge in [0, 0.05) is 24.1 Å². The molecule has 0 saturated heterocycles. The predicted octanol–water partition coefficient (Wildman–Crippen LogP) is 4.87. The molecule has 1 amide bonds. The molecule has 2 rings (SSSR count). The van der Waals surface area contributed by atoms with Crippen LogP contribution in [0.4, 0.5) is 10.1 Å². The second kappa shape index (κ2) is 10.5. The SMILES string of the molecule is CCCN(C(=O)C(F)(Cl)Cl)c1c(C/C=C(\C)CCC(=O)O)c(OC)c(C)c2c1C(=O)OC2. The van der Waals surface area contributed by atoms with E-state index in [0.717, 1.165) is 10.5 Å². The summed E-state index contributed by atoms with van der Waals surface area (Å²) in [6, 6.07) is 0. The zero-order valence-corrected chi connectivity index (χ0v) is 19.9. The molecule has 7 nitrogen and oxygen atoms in total. The number of carbonyl (C=O) groups excluding carboxylic acids is 2. The lowest BCUT2D eigenvalue weighted by Crippen LogP contribution is -2.42. The van der Waals surface area contributed by atoms with Crippen LogP contribution in [-0.4, -0.2) is 41.2 Å². The molecule has 0 radical (unpaired) electrons. The number of carboxylic acid groups (broad SMARTS) is 1. The molecule has 0 fully saturated rings. The van der Waals surface area contributed by atoms with Crippen LogP contribution in [-0.2, 0) is 27.4 Å². The van der Waals surface area contributed by atoms with E-state index in [2.05, 4.69) is 0 Å². The maximum atomic E-state index is 14.3. The molecule has 0 spiro atoms. The van der Waals surface area contributed by atoms with Gasteiger partial charge >= 0.3 is 16.5 Å². The van der Waals surface area contributed by atoms with Gasteiger partial charge < -0.3 is 19.5 Å². The minimum atomic E-state index is -3.20. The Hall–Kier alpha value is -2.32. The van der Waals surface area contributed by atoms with Crippen molar-refractivity contribution in [2.24, 2.45) is 0 Å². The lowest BCUT2D eigenvalue weighted by atomic mass is 9.92. The third-order valence-corrected chi connectivity index (χ3v) is 5.56. The van der Waals surface area contributed by atoms with Gasteiger partial charge in [-0.1, -0.05) is 41.8 Å². The van der Waals surface area contributed by atoms with E-state index >= 15 is 0 Å². The van der Waals surface area contributed by atoms with Crippen molar-refractivity contribution in [3.63, 3.8) is 0 Å². The Bertz CT molecular complexity index is 955. The number of cyclic esters (lactones) is 1. The first-order chi connectivity index (χ1) is 14.9. The molecule has 1 heterocycles. The number of amides is 1. The number of benzene rings is 1. The van der Waals surface area contributed by atoms with Crippen molar-refractivity contribution in [2.75, 3.05) is 18.6 Å². The van der Waals surface area contributed by atoms with E-state index < -0.39 is 22.4 Å². The Kier molecular flexibility index (Phi) is 8.54. The standard InChI is InChI=1S/C22H26Cl2FNO6/c1-5-10-26(21(30)22(23,24)25)18-14(8-6-12(2)7-9-16(27)28)19(31-4)13(3)15-11-32-20(29)17(15)18/h6H,5,7-11H2,1-4H3,(H,27,28)/b12-6+. The zero-order chi connectivity index (χ0) is 24.2. The van der Waals surface area contributed by atoms with Crippen LogP contribution in [0.5, 0.6) is 5.75 Å². The van der Waals surface area contributed by atoms with Crippen LogP contribution in [0.1, 0.15) is 60.2 Å². The Morgan fingerprint density at radius 3 is 2.53 bits per heavy atom. The number of ether oxygens (including phenoxy) is 2. The molecule has 0 bridgehead atoms. The van der Waals surface area contributed by atoms with Gasteiger partial charge in [-0.05, 0) is 38.7 Å². The lowest BCUT2D eigenvalue weighted by molar-refractivity contribution is -0.137. The highest BCUT2D eigenvalue weighted by Crippen LogP contribution is 2.44. The number of esters is 1. The lowest BCUT2D eigenvalue weighted by Gasteiger charge is -2.30. The third kappa shape index (κ3) is 5.53. The van der Waals surface area contributed by atoms with Gasteiger partial charge in [0.2, 0.25) is 0 Å². The second-order valence-electron chi connectivity index (χ2n) is 7.52. The van der Waals surface area contributed by atoms with Crippen molar-refractivity contribution < 1.29 is 33.4 Å². The quantitative estimate of drug-likeness (QED) is 0.286. The van der Waals surface area contributed by atoms with E-state index in [1.165, 1.54) is 7.11 Å². The highest BCUT2D eigenvalue weighted by atomic mass is 35.5. The van der Waals surface area contributed by atoms with Crippen LogP contribution in [0.25, 0.3) is 0 Å². The number of allylic oxidation sites excluding steroid dienone is 2. The summed E-state index contributed by atoms with van der Waals surface area (Å²) < 4.78 is 21.9. The first-order valence-corrected chi connectivity index (χ1v) is 10.8. The van der Waals surface area contributed by atoms with Gasteiger partial charge in [0.15, 0.2) is 0 Å². The smallest absolute Gasteiger partial charge is 0.341 e. The van der Waals surface area contributed by atoms with E-state index in [0.29, 0.717) is 35.3 Å². The third-order valence-electron chi connectivity index (χ3n) is 5.24. The minimum Gasteiger partial charge on any atom is -0.496 e. The van der Waals surface area contributed by atoms with Crippen molar-refractivity contribution >= 4 is 46.7 Å². The highest BCUT2D eigenvalue weighted by Gasteiger charge is 2.42. The number of anilines is 1. The number of hydrogen-bond donors (Lipinski definition) is 1. The fourth-order valence-corrected chi connectivity index (χ4v) is 3.90. The summed E-state index contributed by atoms with van der Waals surface area (Å²) in [7, 11) is 1.45. The summed E-state index contributed by atoms with van der Waals surface area (Å²) >= 11 is 11.0. The average Bonchev–Trinajstić information content (AvgIpc) is 3.10. The van der Waals surface area contributed by atoms with Gasteiger partial charge in [-0.2, -0.15) is 4.39 Å². The second-order valence-corrected chi connectivity index (χ2v) is 8.75. The average molecular weight is 490 g/mol. The number of halogens is 3. The molecule has 1 aliphatic rings. The molecule has 32 heavy (non-hydrogen) atoms. The number of methoxy groups -OCH3 is 1. The van der Waals surface area contributed by atoms with Crippen molar-refractivity contribution in [1.82, 2.24) is 0 Å².